The first-order chi connectivity index (χ1) is 8.63. The molecular formula is C15H21F2N. The maximum absolute atomic E-state index is 13.8. The fourth-order valence-corrected chi connectivity index (χ4v) is 2.87. The lowest BCUT2D eigenvalue weighted by Gasteiger charge is -2.36. The van der Waals surface area contributed by atoms with Crippen LogP contribution in [0.3, 0.4) is 0 Å². The molecular weight excluding hydrogens is 232 g/mol. The molecule has 0 N–H and O–H groups in total. The second-order valence-corrected chi connectivity index (χ2v) is 5.22. The molecule has 0 amide bonds. The zero-order valence-electron chi connectivity index (χ0n) is 11.1. The number of benzene rings is 1. The summed E-state index contributed by atoms with van der Waals surface area (Å²) in [5, 5.41) is 0. The average Bonchev–Trinajstić information content (AvgIpc) is 2.38. The Morgan fingerprint density at radius 1 is 1.33 bits per heavy atom. The molecule has 100 valence electrons. The van der Waals surface area contributed by atoms with E-state index in [2.05, 4.69) is 11.8 Å². The minimum absolute atomic E-state index is 0.180. The molecule has 1 aromatic carbocycles. The summed E-state index contributed by atoms with van der Waals surface area (Å²) in [6, 6.07) is 3.93. The highest BCUT2D eigenvalue weighted by Crippen LogP contribution is 2.30. The van der Waals surface area contributed by atoms with Crippen molar-refractivity contribution in [3.05, 3.63) is 35.4 Å². The fourth-order valence-electron chi connectivity index (χ4n) is 2.87. The van der Waals surface area contributed by atoms with E-state index < -0.39 is 11.6 Å². The molecule has 0 aliphatic carbocycles. The van der Waals surface area contributed by atoms with Gasteiger partial charge in [0.05, 0.1) is 0 Å². The molecule has 2 unspecified atom stereocenters. The van der Waals surface area contributed by atoms with Crippen LogP contribution in [0, 0.1) is 17.6 Å². The van der Waals surface area contributed by atoms with Gasteiger partial charge in [-0.3, -0.25) is 4.90 Å². The van der Waals surface area contributed by atoms with Gasteiger partial charge in [-0.05, 0) is 44.4 Å². The summed E-state index contributed by atoms with van der Waals surface area (Å²) < 4.78 is 27.5. The minimum Gasteiger partial charge on any atom is -0.296 e. The number of hydrogen-bond donors (Lipinski definition) is 0. The molecule has 1 saturated heterocycles. The number of halogens is 2. The Bertz CT molecular complexity index is 385. The van der Waals surface area contributed by atoms with Crippen molar-refractivity contribution in [1.82, 2.24) is 4.90 Å². The molecule has 2 rings (SSSR count). The van der Waals surface area contributed by atoms with Crippen molar-refractivity contribution < 1.29 is 8.78 Å². The summed E-state index contributed by atoms with van der Waals surface area (Å²) in [7, 11) is 0. The van der Waals surface area contributed by atoms with Crippen molar-refractivity contribution in [2.24, 2.45) is 5.92 Å². The van der Waals surface area contributed by atoms with E-state index in [0.717, 1.165) is 25.9 Å². The molecule has 0 aromatic heterocycles. The van der Waals surface area contributed by atoms with Crippen molar-refractivity contribution >= 4 is 0 Å². The first-order valence-electron chi connectivity index (χ1n) is 6.81. The van der Waals surface area contributed by atoms with Crippen LogP contribution in [0.1, 0.15) is 44.7 Å². The Kier molecular flexibility index (Phi) is 4.33. The van der Waals surface area contributed by atoms with Gasteiger partial charge in [0.15, 0.2) is 0 Å². The largest absolute Gasteiger partial charge is 0.296 e. The fraction of sp³-hybridized carbons (Fsp3) is 0.600. The molecule has 1 aliphatic heterocycles. The molecule has 1 aliphatic rings. The number of piperidine rings is 1. The van der Waals surface area contributed by atoms with E-state index in [9.17, 15) is 8.78 Å². The molecule has 1 fully saturated rings. The summed E-state index contributed by atoms with van der Waals surface area (Å²) in [5.41, 5.74) is 0.217. The highest BCUT2D eigenvalue weighted by Gasteiger charge is 2.26. The first kappa shape index (κ1) is 13.5. The van der Waals surface area contributed by atoms with Crippen LogP contribution >= 0.6 is 0 Å². The summed E-state index contributed by atoms with van der Waals surface area (Å²) in [5.74, 6) is -0.196. The standard InChI is InChI=1S/C15H21F2N/c1-3-12-6-5-9-18(10-12)11(2)15-13(16)7-4-8-14(15)17/h4,7-8,11-12H,3,5-6,9-10H2,1-2H3. The van der Waals surface area contributed by atoms with E-state index in [1.807, 2.05) is 6.92 Å². The van der Waals surface area contributed by atoms with Crippen molar-refractivity contribution in [1.29, 1.82) is 0 Å². The third kappa shape index (κ3) is 2.72. The summed E-state index contributed by atoms with van der Waals surface area (Å²) in [4.78, 5) is 2.21. The van der Waals surface area contributed by atoms with Crippen LogP contribution in [-0.4, -0.2) is 18.0 Å². The SMILES string of the molecule is CCC1CCCN(C(C)c2c(F)cccc2F)C1. The van der Waals surface area contributed by atoms with Crippen LogP contribution in [0.4, 0.5) is 8.78 Å². The van der Waals surface area contributed by atoms with Crippen molar-refractivity contribution in [3.63, 3.8) is 0 Å². The van der Waals surface area contributed by atoms with Crippen LogP contribution in [0.25, 0.3) is 0 Å². The number of rotatable bonds is 3. The van der Waals surface area contributed by atoms with Crippen LogP contribution < -0.4 is 0 Å². The quantitative estimate of drug-likeness (QED) is 0.782. The van der Waals surface area contributed by atoms with Crippen LogP contribution in [-0.2, 0) is 0 Å². The van der Waals surface area contributed by atoms with Gasteiger partial charge in [0.1, 0.15) is 11.6 Å². The van der Waals surface area contributed by atoms with E-state index in [4.69, 9.17) is 0 Å². The summed E-state index contributed by atoms with van der Waals surface area (Å²) >= 11 is 0. The molecule has 1 aromatic rings. The van der Waals surface area contributed by atoms with Crippen LogP contribution in [0.2, 0.25) is 0 Å². The van der Waals surface area contributed by atoms with Gasteiger partial charge in [-0.15, -0.1) is 0 Å². The van der Waals surface area contributed by atoms with E-state index in [1.165, 1.54) is 24.6 Å². The number of likely N-dealkylation sites (tertiary alicyclic amines) is 1. The van der Waals surface area contributed by atoms with Crippen molar-refractivity contribution in [3.8, 4) is 0 Å². The Morgan fingerprint density at radius 2 is 2.00 bits per heavy atom. The maximum atomic E-state index is 13.8. The maximum Gasteiger partial charge on any atom is 0.130 e. The zero-order chi connectivity index (χ0) is 13.1. The van der Waals surface area contributed by atoms with Gasteiger partial charge in [-0.2, -0.15) is 0 Å². The van der Waals surface area contributed by atoms with E-state index in [0.29, 0.717) is 5.92 Å². The van der Waals surface area contributed by atoms with Crippen LogP contribution in [0.15, 0.2) is 18.2 Å². The summed E-state index contributed by atoms with van der Waals surface area (Å²) in [6.07, 6.45) is 3.50. The third-order valence-corrected chi connectivity index (χ3v) is 4.09. The first-order valence-corrected chi connectivity index (χ1v) is 6.81. The van der Waals surface area contributed by atoms with Gasteiger partial charge in [0.2, 0.25) is 0 Å². The second kappa shape index (κ2) is 5.79. The monoisotopic (exact) mass is 253 g/mol. The van der Waals surface area contributed by atoms with Gasteiger partial charge in [0, 0.05) is 18.2 Å². The van der Waals surface area contributed by atoms with Gasteiger partial charge < -0.3 is 0 Å². The smallest absolute Gasteiger partial charge is 0.130 e. The lowest BCUT2D eigenvalue weighted by atomic mass is 9.93. The lowest BCUT2D eigenvalue weighted by molar-refractivity contribution is 0.125. The Morgan fingerprint density at radius 3 is 2.61 bits per heavy atom. The Labute approximate surface area is 108 Å². The van der Waals surface area contributed by atoms with Gasteiger partial charge >= 0.3 is 0 Å². The molecule has 0 bridgehead atoms. The van der Waals surface area contributed by atoms with Crippen molar-refractivity contribution in [2.75, 3.05) is 13.1 Å². The highest BCUT2D eigenvalue weighted by molar-refractivity contribution is 5.23. The zero-order valence-corrected chi connectivity index (χ0v) is 11.1. The predicted molar refractivity (Wildman–Crippen MR) is 69.4 cm³/mol. The van der Waals surface area contributed by atoms with Gasteiger partial charge in [0.25, 0.3) is 0 Å². The van der Waals surface area contributed by atoms with E-state index in [-0.39, 0.29) is 11.6 Å². The van der Waals surface area contributed by atoms with Gasteiger partial charge in [-0.1, -0.05) is 19.4 Å². The number of nitrogens with zero attached hydrogens (tertiary/aromatic N) is 1. The Balaban J connectivity index is 2.17. The molecule has 0 saturated carbocycles. The average molecular weight is 253 g/mol. The minimum atomic E-state index is -0.430. The number of hydrogen-bond acceptors (Lipinski definition) is 1. The molecule has 0 spiro atoms. The predicted octanol–water partition coefficient (Wildman–Crippen LogP) is 4.15. The molecule has 1 heterocycles. The molecule has 18 heavy (non-hydrogen) atoms. The Hall–Kier alpha value is -0.960. The lowest BCUT2D eigenvalue weighted by Crippen LogP contribution is -2.37. The molecule has 3 heteroatoms. The highest BCUT2D eigenvalue weighted by atomic mass is 19.1. The molecule has 2 atom stereocenters. The van der Waals surface area contributed by atoms with Gasteiger partial charge in [-0.25, -0.2) is 8.78 Å². The topological polar surface area (TPSA) is 3.24 Å². The second-order valence-electron chi connectivity index (χ2n) is 5.22. The third-order valence-electron chi connectivity index (χ3n) is 4.09. The van der Waals surface area contributed by atoms with E-state index in [1.54, 1.807) is 0 Å². The molecule has 0 radical (unpaired) electrons. The van der Waals surface area contributed by atoms with Crippen LogP contribution in [0.5, 0.6) is 0 Å². The normalized spacial score (nSPS) is 23.0. The summed E-state index contributed by atoms with van der Waals surface area (Å²) in [6.45, 7) is 5.97. The van der Waals surface area contributed by atoms with E-state index >= 15 is 0 Å². The van der Waals surface area contributed by atoms with Crippen molar-refractivity contribution in [2.45, 2.75) is 39.2 Å². The molecule has 1 nitrogen and oxygen atoms in total.